The van der Waals surface area contributed by atoms with Gasteiger partial charge < -0.3 is 16.0 Å². The van der Waals surface area contributed by atoms with Crippen molar-refractivity contribution in [2.45, 2.75) is 46.6 Å². The topological polar surface area (TPSA) is 58.4 Å². The minimum Gasteiger partial charge on any atom is -0.355 e. The van der Waals surface area contributed by atoms with Crippen molar-refractivity contribution < 1.29 is 4.79 Å². The molecule has 0 spiro atoms. The second kappa shape index (κ2) is 9.42. The molecular weight excluding hydrogens is 214 g/mol. The zero-order chi connectivity index (χ0) is 13.3. The van der Waals surface area contributed by atoms with Gasteiger partial charge in [0.05, 0.1) is 0 Å². The van der Waals surface area contributed by atoms with Crippen molar-refractivity contribution in [1.29, 1.82) is 0 Å². The first-order chi connectivity index (χ1) is 8.01. The molecule has 0 aliphatic rings. The first-order valence-corrected chi connectivity index (χ1v) is 6.75. The fourth-order valence-electron chi connectivity index (χ4n) is 1.62. The van der Waals surface area contributed by atoms with Crippen molar-refractivity contribution >= 4 is 5.91 Å². The zero-order valence-corrected chi connectivity index (χ0v) is 11.8. The van der Waals surface area contributed by atoms with E-state index in [0.29, 0.717) is 12.3 Å². The number of likely N-dealkylation sites (N-methyl/N-ethyl adjacent to an activating group) is 1. The zero-order valence-electron chi connectivity index (χ0n) is 11.8. The fourth-order valence-corrected chi connectivity index (χ4v) is 1.62. The van der Waals surface area contributed by atoms with Gasteiger partial charge in [0, 0.05) is 25.6 Å². The van der Waals surface area contributed by atoms with Crippen LogP contribution < -0.4 is 11.1 Å². The van der Waals surface area contributed by atoms with E-state index in [0.717, 1.165) is 32.6 Å². The van der Waals surface area contributed by atoms with E-state index in [-0.39, 0.29) is 11.9 Å². The first kappa shape index (κ1) is 16.4. The molecule has 1 unspecified atom stereocenters. The van der Waals surface area contributed by atoms with E-state index >= 15 is 0 Å². The van der Waals surface area contributed by atoms with Crippen LogP contribution in [-0.4, -0.2) is 43.0 Å². The van der Waals surface area contributed by atoms with Gasteiger partial charge in [-0.3, -0.25) is 4.79 Å². The monoisotopic (exact) mass is 243 g/mol. The van der Waals surface area contributed by atoms with Gasteiger partial charge in [0.2, 0.25) is 5.91 Å². The molecule has 3 N–H and O–H groups in total. The van der Waals surface area contributed by atoms with Gasteiger partial charge in [0.1, 0.15) is 0 Å². The van der Waals surface area contributed by atoms with E-state index in [2.05, 4.69) is 24.1 Å². The minimum atomic E-state index is -0.0343. The maximum absolute atomic E-state index is 11.6. The van der Waals surface area contributed by atoms with Gasteiger partial charge in [-0.05, 0) is 25.4 Å². The Balaban J connectivity index is 3.69. The van der Waals surface area contributed by atoms with Crippen molar-refractivity contribution in [1.82, 2.24) is 10.2 Å². The molecule has 0 bridgehead atoms. The fraction of sp³-hybridized carbons (Fsp3) is 0.923. The lowest BCUT2D eigenvalue weighted by Gasteiger charge is -2.20. The highest BCUT2D eigenvalue weighted by Gasteiger charge is 2.12. The summed E-state index contributed by atoms with van der Waals surface area (Å²) in [5.74, 6) is 0.423. The normalized spacial score (nSPS) is 13.1. The molecule has 102 valence electrons. The lowest BCUT2D eigenvalue weighted by atomic mass is 10.0. The van der Waals surface area contributed by atoms with Crippen LogP contribution in [0.3, 0.4) is 0 Å². The molecule has 0 aliphatic heterocycles. The van der Waals surface area contributed by atoms with Crippen LogP contribution >= 0.6 is 0 Å². The molecule has 0 fully saturated rings. The molecule has 0 rings (SSSR count). The summed E-state index contributed by atoms with van der Waals surface area (Å²) in [7, 11) is 0. The van der Waals surface area contributed by atoms with Crippen LogP contribution in [0.1, 0.15) is 40.5 Å². The Labute approximate surface area is 106 Å². The van der Waals surface area contributed by atoms with Crippen LogP contribution in [0, 0.1) is 5.92 Å². The number of rotatable bonds is 9. The van der Waals surface area contributed by atoms with E-state index in [1.54, 1.807) is 0 Å². The third-order valence-electron chi connectivity index (χ3n) is 3.01. The summed E-state index contributed by atoms with van der Waals surface area (Å²) in [6, 6.07) is -0.0343. The molecule has 17 heavy (non-hydrogen) atoms. The Bertz CT molecular complexity index is 207. The van der Waals surface area contributed by atoms with Gasteiger partial charge in [0.15, 0.2) is 0 Å². The number of nitrogens with zero attached hydrogens (tertiary/aromatic N) is 1. The van der Waals surface area contributed by atoms with Gasteiger partial charge in [-0.15, -0.1) is 0 Å². The third-order valence-corrected chi connectivity index (χ3v) is 3.01. The second-order valence-corrected chi connectivity index (χ2v) is 4.90. The van der Waals surface area contributed by atoms with Crippen molar-refractivity contribution in [3.8, 4) is 0 Å². The van der Waals surface area contributed by atoms with Gasteiger partial charge in [-0.1, -0.05) is 27.7 Å². The minimum absolute atomic E-state index is 0.0343. The quantitative estimate of drug-likeness (QED) is 0.640. The molecule has 0 aromatic rings. The average molecular weight is 243 g/mol. The molecule has 0 saturated heterocycles. The maximum atomic E-state index is 11.6. The summed E-state index contributed by atoms with van der Waals surface area (Å²) < 4.78 is 0. The largest absolute Gasteiger partial charge is 0.355 e. The molecule has 1 atom stereocenters. The summed E-state index contributed by atoms with van der Waals surface area (Å²) >= 11 is 0. The highest BCUT2D eigenvalue weighted by atomic mass is 16.1. The number of hydrogen-bond donors (Lipinski definition) is 2. The summed E-state index contributed by atoms with van der Waals surface area (Å²) in [6.45, 7) is 12.2. The van der Waals surface area contributed by atoms with Crippen molar-refractivity contribution in [3.63, 3.8) is 0 Å². The SMILES string of the molecule is CCCN(CC)CCNC(=O)CC(N)C(C)C. The van der Waals surface area contributed by atoms with Gasteiger partial charge in [-0.2, -0.15) is 0 Å². The molecule has 0 radical (unpaired) electrons. The molecule has 4 nitrogen and oxygen atoms in total. The van der Waals surface area contributed by atoms with Gasteiger partial charge in [-0.25, -0.2) is 0 Å². The van der Waals surface area contributed by atoms with Crippen LogP contribution in [0.2, 0.25) is 0 Å². The van der Waals surface area contributed by atoms with Crippen LogP contribution in [0.25, 0.3) is 0 Å². The number of carbonyl (C=O) groups is 1. The highest BCUT2D eigenvalue weighted by molar-refractivity contribution is 5.76. The molecule has 0 aromatic carbocycles. The molecule has 0 saturated carbocycles. The van der Waals surface area contributed by atoms with E-state index in [1.807, 2.05) is 13.8 Å². The van der Waals surface area contributed by atoms with E-state index in [9.17, 15) is 4.79 Å². The summed E-state index contributed by atoms with van der Waals surface area (Å²) in [5.41, 5.74) is 5.85. The Morgan fingerprint density at radius 2 is 1.94 bits per heavy atom. The number of nitrogens with one attached hydrogen (secondary N) is 1. The highest BCUT2D eigenvalue weighted by Crippen LogP contribution is 2.02. The van der Waals surface area contributed by atoms with Gasteiger partial charge >= 0.3 is 0 Å². The molecular formula is C13H29N3O. The van der Waals surface area contributed by atoms with Crippen LogP contribution in [0.5, 0.6) is 0 Å². The Morgan fingerprint density at radius 3 is 2.41 bits per heavy atom. The maximum Gasteiger partial charge on any atom is 0.221 e. The second-order valence-electron chi connectivity index (χ2n) is 4.90. The van der Waals surface area contributed by atoms with E-state index in [4.69, 9.17) is 5.73 Å². The summed E-state index contributed by atoms with van der Waals surface area (Å²) in [6.07, 6.45) is 1.58. The van der Waals surface area contributed by atoms with Crippen molar-refractivity contribution in [2.75, 3.05) is 26.2 Å². The van der Waals surface area contributed by atoms with E-state index < -0.39 is 0 Å². The molecule has 0 aromatic heterocycles. The van der Waals surface area contributed by atoms with Crippen LogP contribution in [0.15, 0.2) is 0 Å². The molecule has 4 heteroatoms. The molecule has 1 amide bonds. The Kier molecular flexibility index (Phi) is 9.09. The smallest absolute Gasteiger partial charge is 0.221 e. The Hall–Kier alpha value is -0.610. The standard InChI is InChI=1S/C13H29N3O/c1-5-8-16(6-2)9-7-15-13(17)10-12(14)11(3)4/h11-12H,5-10,14H2,1-4H3,(H,15,17). The first-order valence-electron chi connectivity index (χ1n) is 6.75. The van der Waals surface area contributed by atoms with Crippen molar-refractivity contribution in [2.24, 2.45) is 11.7 Å². The van der Waals surface area contributed by atoms with Crippen LogP contribution in [0.4, 0.5) is 0 Å². The predicted molar refractivity (Wildman–Crippen MR) is 72.8 cm³/mol. The Morgan fingerprint density at radius 1 is 1.29 bits per heavy atom. The number of amides is 1. The lowest BCUT2D eigenvalue weighted by molar-refractivity contribution is -0.121. The predicted octanol–water partition coefficient (Wildman–Crippen LogP) is 1.21. The third kappa shape index (κ3) is 8.16. The molecule has 0 aliphatic carbocycles. The van der Waals surface area contributed by atoms with Crippen molar-refractivity contribution in [3.05, 3.63) is 0 Å². The molecule has 0 heterocycles. The number of carbonyl (C=O) groups excluding carboxylic acids is 1. The lowest BCUT2D eigenvalue weighted by Crippen LogP contribution is -2.38. The summed E-state index contributed by atoms with van der Waals surface area (Å²) in [4.78, 5) is 13.9. The van der Waals surface area contributed by atoms with E-state index in [1.165, 1.54) is 0 Å². The van der Waals surface area contributed by atoms with Crippen LogP contribution in [-0.2, 0) is 4.79 Å². The summed E-state index contributed by atoms with van der Waals surface area (Å²) in [5, 5.41) is 2.93. The average Bonchev–Trinajstić information content (AvgIpc) is 2.27. The number of nitrogens with two attached hydrogens (primary N) is 1. The number of hydrogen-bond acceptors (Lipinski definition) is 3. The van der Waals surface area contributed by atoms with Gasteiger partial charge in [0.25, 0.3) is 0 Å².